The molecule has 0 saturated carbocycles. The first-order chi connectivity index (χ1) is 5.73. The van der Waals surface area contributed by atoms with Crippen LogP contribution >= 0.6 is 0 Å². The molecule has 0 radical (unpaired) electrons. The highest BCUT2D eigenvalue weighted by molar-refractivity contribution is 5.68. The molecule has 0 aromatic carbocycles. The van der Waals surface area contributed by atoms with E-state index in [2.05, 4.69) is 4.74 Å². The summed E-state index contributed by atoms with van der Waals surface area (Å²) in [6.07, 6.45) is -6.63. The molecule has 0 aromatic heterocycles. The lowest BCUT2D eigenvalue weighted by Crippen LogP contribution is -2.49. The maximum Gasteiger partial charge on any atom is 0.443 e. The van der Waals surface area contributed by atoms with Crippen molar-refractivity contribution in [2.75, 3.05) is 6.61 Å². The number of halogens is 3. The fourth-order valence-electron chi connectivity index (χ4n) is 0.677. The molecule has 0 heterocycles. The van der Waals surface area contributed by atoms with E-state index in [1.165, 1.54) is 6.92 Å². The number of rotatable bonds is 4. The van der Waals surface area contributed by atoms with Crippen LogP contribution in [-0.2, 0) is 9.53 Å². The van der Waals surface area contributed by atoms with Crippen LogP contribution in [0.15, 0.2) is 0 Å². The highest BCUT2D eigenvalue weighted by atomic mass is 19.4. The Labute approximate surface area is 71.9 Å². The molecule has 2 N–H and O–H groups in total. The van der Waals surface area contributed by atoms with Crippen molar-refractivity contribution in [3.8, 4) is 0 Å². The van der Waals surface area contributed by atoms with Gasteiger partial charge in [-0.2, -0.15) is 13.2 Å². The van der Waals surface area contributed by atoms with E-state index >= 15 is 0 Å². The van der Waals surface area contributed by atoms with E-state index in [9.17, 15) is 18.0 Å². The summed E-state index contributed by atoms with van der Waals surface area (Å²) in [6, 6.07) is 0. The molecule has 78 valence electrons. The van der Waals surface area contributed by atoms with Gasteiger partial charge in [-0.15, -0.1) is 0 Å². The average molecular weight is 202 g/mol. The standard InChI is InChI=1S/C6H9F3O4/c1-2-13-5(12,3-4(10)11)6(7,8)9/h12H,2-3H2,1H3,(H,10,11). The van der Waals surface area contributed by atoms with Crippen LogP contribution < -0.4 is 0 Å². The molecule has 0 saturated heterocycles. The van der Waals surface area contributed by atoms with Crippen molar-refractivity contribution >= 4 is 5.97 Å². The van der Waals surface area contributed by atoms with Crippen LogP contribution in [0.4, 0.5) is 13.2 Å². The van der Waals surface area contributed by atoms with Crippen LogP contribution in [0.25, 0.3) is 0 Å². The normalized spacial score (nSPS) is 16.7. The van der Waals surface area contributed by atoms with Gasteiger partial charge >= 0.3 is 12.1 Å². The summed E-state index contributed by atoms with van der Waals surface area (Å²) in [5.41, 5.74) is 0. The number of alkyl halides is 3. The van der Waals surface area contributed by atoms with E-state index in [0.29, 0.717) is 0 Å². The Hall–Kier alpha value is -0.820. The van der Waals surface area contributed by atoms with Crippen molar-refractivity contribution in [2.24, 2.45) is 0 Å². The fraction of sp³-hybridized carbons (Fsp3) is 0.833. The molecule has 0 bridgehead atoms. The van der Waals surface area contributed by atoms with Crippen LogP contribution in [0, 0.1) is 0 Å². The third-order valence-electron chi connectivity index (χ3n) is 1.22. The highest BCUT2D eigenvalue weighted by Crippen LogP contribution is 2.34. The molecule has 7 heteroatoms. The molecule has 0 fully saturated rings. The molecule has 0 rings (SSSR count). The molecule has 0 spiro atoms. The summed E-state index contributed by atoms with van der Waals surface area (Å²) < 4.78 is 40.0. The summed E-state index contributed by atoms with van der Waals surface area (Å²) in [5, 5.41) is 16.9. The van der Waals surface area contributed by atoms with E-state index in [-0.39, 0.29) is 0 Å². The molecule has 0 aromatic rings. The molecule has 0 aliphatic heterocycles. The van der Waals surface area contributed by atoms with Crippen molar-refractivity contribution < 1.29 is 32.9 Å². The quantitative estimate of drug-likeness (QED) is 0.660. The van der Waals surface area contributed by atoms with E-state index in [1.807, 2.05) is 0 Å². The van der Waals surface area contributed by atoms with Gasteiger partial charge in [-0.25, -0.2) is 0 Å². The zero-order chi connectivity index (χ0) is 10.7. The number of carboxylic acid groups (broad SMARTS) is 1. The summed E-state index contributed by atoms with van der Waals surface area (Å²) in [4.78, 5) is 10.00. The number of ether oxygens (including phenoxy) is 1. The van der Waals surface area contributed by atoms with Gasteiger partial charge in [0.25, 0.3) is 5.79 Å². The van der Waals surface area contributed by atoms with Crippen LogP contribution in [0.2, 0.25) is 0 Å². The third-order valence-corrected chi connectivity index (χ3v) is 1.22. The second-order valence-corrected chi connectivity index (χ2v) is 2.29. The monoisotopic (exact) mass is 202 g/mol. The minimum absolute atomic E-state index is 0.427. The van der Waals surface area contributed by atoms with Gasteiger partial charge in [-0.3, -0.25) is 4.79 Å². The van der Waals surface area contributed by atoms with Gasteiger partial charge < -0.3 is 14.9 Å². The van der Waals surface area contributed by atoms with E-state index in [4.69, 9.17) is 10.2 Å². The minimum Gasteiger partial charge on any atom is -0.481 e. The SMILES string of the molecule is CCOC(O)(CC(=O)O)C(F)(F)F. The van der Waals surface area contributed by atoms with Gasteiger partial charge in [-0.05, 0) is 6.92 Å². The number of aliphatic hydroxyl groups is 1. The summed E-state index contributed by atoms with van der Waals surface area (Å²) in [5.74, 6) is -5.37. The van der Waals surface area contributed by atoms with Crippen molar-refractivity contribution in [3.05, 3.63) is 0 Å². The van der Waals surface area contributed by atoms with Crippen LogP contribution in [0.1, 0.15) is 13.3 Å². The predicted octanol–water partition coefficient (Wildman–Crippen LogP) is 0.748. The first-order valence-electron chi connectivity index (χ1n) is 3.38. The Morgan fingerprint density at radius 2 is 1.92 bits per heavy atom. The lowest BCUT2D eigenvalue weighted by molar-refractivity contribution is -0.364. The number of aliphatic carboxylic acids is 1. The second kappa shape index (κ2) is 3.93. The Bertz CT molecular complexity index is 191. The second-order valence-electron chi connectivity index (χ2n) is 2.29. The zero-order valence-corrected chi connectivity index (χ0v) is 6.76. The van der Waals surface area contributed by atoms with Crippen LogP contribution in [0.3, 0.4) is 0 Å². The van der Waals surface area contributed by atoms with Crippen LogP contribution in [0.5, 0.6) is 0 Å². The highest BCUT2D eigenvalue weighted by Gasteiger charge is 2.56. The van der Waals surface area contributed by atoms with Gasteiger partial charge in [-0.1, -0.05) is 0 Å². The summed E-state index contributed by atoms with van der Waals surface area (Å²) in [7, 11) is 0. The first kappa shape index (κ1) is 12.2. The number of carboxylic acids is 1. The fourth-order valence-corrected chi connectivity index (χ4v) is 0.677. The lowest BCUT2D eigenvalue weighted by atomic mass is 10.2. The smallest absolute Gasteiger partial charge is 0.443 e. The minimum atomic E-state index is -5.11. The van der Waals surface area contributed by atoms with Gasteiger partial charge in [0.2, 0.25) is 0 Å². The van der Waals surface area contributed by atoms with Gasteiger partial charge in [0.15, 0.2) is 0 Å². The molecule has 0 aliphatic carbocycles. The van der Waals surface area contributed by atoms with E-state index in [1.54, 1.807) is 0 Å². The Morgan fingerprint density at radius 3 is 2.15 bits per heavy atom. The Kier molecular flexibility index (Phi) is 3.68. The Morgan fingerprint density at radius 1 is 1.46 bits per heavy atom. The molecule has 1 unspecified atom stereocenters. The third kappa shape index (κ3) is 3.19. The van der Waals surface area contributed by atoms with Gasteiger partial charge in [0.05, 0.1) is 0 Å². The number of hydrogen-bond donors (Lipinski definition) is 2. The van der Waals surface area contributed by atoms with Crippen LogP contribution in [-0.4, -0.2) is 34.8 Å². The van der Waals surface area contributed by atoms with Gasteiger partial charge in [0.1, 0.15) is 6.42 Å². The summed E-state index contributed by atoms with van der Waals surface area (Å²) >= 11 is 0. The zero-order valence-electron chi connectivity index (χ0n) is 6.76. The Balaban J connectivity index is 4.62. The van der Waals surface area contributed by atoms with Crippen molar-refractivity contribution in [3.63, 3.8) is 0 Å². The van der Waals surface area contributed by atoms with E-state index < -0.39 is 31.0 Å². The lowest BCUT2D eigenvalue weighted by Gasteiger charge is -2.28. The topological polar surface area (TPSA) is 66.8 Å². The molecule has 0 aliphatic rings. The van der Waals surface area contributed by atoms with Crippen molar-refractivity contribution in [2.45, 2.75) is 25.3 Å². The molecular formula is C6H9F3O4. The molecule has 13 heavy (non-hydrogen) atoms. The maximum atomic E-state index is 12.0. The molecule has 0 amide bonds. The number of hydrogen-bond acceptors (Lipinski definition) is 3. The first-order valence-corrected chi connectivity index (χ1v) is 3.38. The van der Waals surface area contributed by atoms with Crippen molar-refractivity contribution in [1.82, 2.24) is 0 Å². The average Bonchev–Trinajstić information content (AvgIpc) is 1.82. The largest absolute Gasteiger partial charge is 0.481 e. The number of carbonyl (C=O) groups is 1. The molecule has 4 nitrogen and oxygen atoms in total. The molecule has 1 atom stereocenters. The predicted molar refractivity (Wildman–Crippen MR) is 34.9 cm³/mol. The summed E-state index contributed by atoms with van der Waals surface area (Å²) in [6.45, 7) is 0.794. The van der Waals surface area contributed by atoms with Crippen molar-refractivity contribution in [1.29, 1.82) is 0 Å². The van der Waals surface area contributed by atoms with E-state index in [0.717, 1.165) is 0 Å². The molecular weight excluding hydrogens is 193 g/mol. The maximum absolute atomic E-state index is 12.0. The van der Waals surface area contributed by atoms with Gasteiger partial charge in [0, 0.05) is 6.61 Å².